The number of ether oxygens (including phenoxy) is 1. The highest BCUT2D eigenvalue weighted by atomic mass is 35.5. The predicted molar refractivity (Wildman–Crippen MR) is 83.7 cm³/mol. The molecule has 20 heavy (non-hydrogen) atoms. The molecule has 2 rings (SSSR count). The molecule has 112 valence electrons. The third-order valence-corrected chi connectivity index (χ3v) is 3.37. The molecule has 1 atom stereocenters. The molecule has 0 aromatic heterocycles. The molecule has 1 fully saturated rings. The van der Waals surface area contributed by atoms with Crippen LogP contribution in [-0.2, 0) is 4.79 Å². The Balaban J connectivity index is 0.00000200. The van der Waals surface area contributed by atoms with Gasteiger partial charge in [0, 0.05) is 12.6 Å². The van der Waals surface area contributed by atoms with Crippen molar-refractivity contribution in [3.63, 3.8) is 0 Å². The molecule has 1 aromatic rings. The Morgan fingerprint density at radius 3 is 2.75 bits per heavy atom. The van der Waals surface area contributed by atoms with Crippen molar-refractivity contribution in [1.82, 2.24) is 5.32 Å². The molecule has 5 heteroatoms. The minimum atomic E-state index is -0.0570. The van der Waals surface area contributed by atoms with Crippen LogP contribution in [0.1, 0.15) is 26.2 Å². The fraction of sp³-hybridized carbons (Fsp3) is 0.533. The summed E-state index contributed by atoms with van der Waals surface area (Å²) in [7, 11) is 0. The van der Waals surface area contributed by atoms with Crippen LogP contribution in [0.2, 0.25) is 0 Å². The van der Waals surface area contributed by atoms with E-state index in [0.717, 1.165) is 43.5 Å². The standard InChI is InChI=1S/C15H22N2O2.ClH/c1-12(18)17-14-4-6-15(7-5-14)19-10-8-13-3-2-9-16-11-13;/h4-7,13,16H,2-3,8-11H2,1H3,(H,17,18);1H. The number of hydrogen-bond donors (Lipinski definition) is 2. The van der Waals surface area contributed by atoms with Crippen molar-refractivity contribution in [2.45, 2.75) is 26.2 Å². The van der Waals surface area contributed by atoms with E-state index in [0.29, 0.717) is 0 Å². The molecule has 1 unspecified atom stereocenters. The molecule has 0 spiro atoms. The van der Waals surface area contributed by atoms with Crippen molar-refractivity contribution in [3.05, 3.63) is 24.3 Å². The van der Waals surface area contributed by atoms with Gasteiger partial charge in [0.15, 0.2) is 0 Å². The zero-order valence-electron chi connectivity index (χ0n) is 11.9. The predicted octanol–water partition coefficient (Wildman–Crippen LogP) is 2.84. The molecular weight excluding hydrogens is 276 g/mol. The molecular formula is C15H23ClN2O2. The molecule has 0 bridgehead atoms. The van der Waals surface area contributed by atoms with Crippen LogP contribution in [-0.4, -0.2) is 25.6 Å². The van der Waals surface area contributed by atoms with Gasteiger partial charge in [-0.15, -0.1) is 12.4 Å². The van der Waals surface area contributed by atoms with E-state index in [2.05, 4.69) is 10.6 Å². The first-order chi connectivity index (χ1) is 9.24. The van der Waals surface area contributed by atoms with Crippen LogP contribution in [0.25, 0.3) is 0 Å². The fourth-order valence-electron chi connectivity index (χ4n) is 2.35. The SMILES string of the molecule is CC(=O)Nc1ccc(OCCC2CCCNC2)cc1.Cl. The lowest BCUT2D eigenvalue weighted by molar-refractivity contribution is -0.114. The van der Waals surface area contributed by atoms with Crippen molar-refractivity contribution < 1.29 is 9.53 Å². The summed E-state index contributed by atoms with van der Waals surface area (Å²) in [4.78, 5) is 10.9. The van der Waals surface area contributed by atoms with E-state index in [1.807, 2.05) is 24.3 Å². The third kappa shape index (κ3) is 5.80. The molecule has 1 saturated heterocycles. The van der Waals surface area contributed by atoms with Crippen LogP contribution in [0.5, 0.6) is 5.75 Å². The van der Waals surface area contributed by atoms with Gasteiger partial charge in [0.1, 0.15) is 5.75 Å². The second kappa shape index (κ2) is 8.82. The minimum absolute atomic E-state index is 0. The molecule has 0 saturated carbocycles. The van der Waals surface area contributed by atoms with Crippen LogP contribution in [0.4, 0.5) is 5.69 Å². The maximum Gasteiger partial charge on any atom is 0.221 e. The van der Waals surface area contributed by atoms with E-state index in [-0.39, 0.29) is 18.3 Å². The van der Waals surface area contributed by atoms with Crippen LogP contribution in [0.15, 0.2) is 24.3 Å². The highest BCUT2D eigenvalue weighted by Crippen LogP contribution is 2.18. The van der Waals surface area contributed by atoms with Gasteiger partial charge in [-0.25, -0.2) is 0 Å². The smallest absolute Gasteiger partial charge is 0.221 e. The number of carbonyl (C=O) groups excluding carboxylic acids is 1. The van der Waals surface area contributed by atoms with Gasteiger partial charge in [0.05, 0.1) is 6.61 Å². The first-order valence-electron chi connectivity index (χ1n) is 6.95. The maximum absolute atomic E-state index is 10.9. The summed E-state index contributed by atoms with van der Waals surface area (Å²) in [5.41, 5.74) is 0.802. The van der Waals surface area contributed by atoms with Gasteiger partial charge in [-0.2, -0.15) is 0 Å². The summed E-state index contributed by atoms with van der Waals surface area (Å²) in [5, 5.41) is 6.15. The Morgan fingerprint density at radius 1 is 1.40 bits per heavy atom. The molecule has 1 aromatic carbocycles. The number of benzene rings is 1. The first-order valence-corrected chi connectivity index (χ1v) is 6.95. The van der Waals surface area contributed by atoms with Crippen molar-refractivity contribution in [2.75, 3.05) is 25.0 Å². The van der Waals surface area contributed by atoms with Gasteiger partial charge < -0.3 is 15.4 Å². The zero-order chi connectivity index (χ0) is 13.5. The summed E-state index contributed by atoms with van der Waals surface area (Å²) in [6.07, 6.45) is 3.67. The van der Waals surface area contributed by atoms with E-state index >= 15 is 0 Å². The summed E-state index contributed by atoms with van der Waals surface area (Å²) in [6, 6.07) is 7.51. The van der Waals surface area contributed by atoms with Gasteiger partial charge >= 0.3 is 0 Å². The number of halogens is 1. The van der Waals surface area contributed by atoms with Crippen molar-refractivity contribution in [2.24, 2.45) is 5.92 Å². The van der Waals surface area contributed by atoms with Crippen molar-refractivity contribution in [3.8, 4) is 5.75 Å². The number of hydrogen-bond acceptors (Lipinski definition) is 3. The van der Waals surface area contributed by atoms with Gasteiger partial charge in [-0.3, -0.25) is 4.79 Å². The Morgan fingerprint density at radius 2 is 2.15 bits per heavy atom. The number of anilines is 1. The molecule has 1 amide bonds. The number of rotatable bonds is 5. The van der Waals surface area contributed by atoms with Crippen LogP contribution in [0.3, 0.4) is 0 Å². The number of nitrogens with one attached hydrogen (secondary N) is 2. The van der Waals surface area contributed by atoms with Crippen molar-refractivity contribution in [1.29, 1.82) is 0 Å². The molecule has 4 nitrogen and oxygen atoms in total. The Hall–Kier alpha value is -1.26. The average Bonchev–Trinajstić information content (AvgIpc) is 2.41. The number of piperidine rings is 1. The van der Waals surface area contributed by atoms with Gasteiger partial charge in [-0.05, 0) is 62.5 Å². The normalized spacial score (nSPS) is 17.9. The lowest BCUT2D eigenvalue weighted by Gasteiger charge is -2.22. The summed E-state index contributed by atoms with van der Waals surface area (Å²) in [5.74, 6) is 1.55. The van der Waals surface area contributed by atoms with Gasteiger partial charge in [-0.1, -0.05) is 0 Å². The summed E-state index contributed by atoms with van der Waals surface area (Å²) >= 11 is 0. The Labute approximate surface area is 126 Å². The molecule has 0 aliphatic carbocycles. The fourth-order valence-corrected chi connectivity index (χ4v) is 2.35. The molecule has 1 aliphatic heterocycles. The second-order valence-corrected chi connectivity index (χ2v) is 5.06. The van der Waals surface area contributed by atoms with E-state index in [1.54, 1.807) is 0 Å². The zero-order valence-corrected chi connectivity index (χ0v) is 12.7. The highest BCUT2D eigenvalue weighted by molar-refractivity contribution is 5.88. The second-order valence-electron chi connectivity index (χ2n) is 5.06. The average molecular weight is 299 g/mol. The number of carbonyl (C=O) groups is 1. The largest absolute Gasteiger partial charge is 0.494 e. The third-order valence-electron chi connectivity index (χ3n) is 3.37. The molecule has 1 heterocycles. The van der Waals surface area contributed by atoms with E-state index < -0.39 is 0 Å². The number of amides is 1. The Bertz CT molecular complexity index is 403. The summed E-state index contributed by atoms with van der Waals surface area (Å²) in [6.45, 7) is 4.53. The first kappa shape index (κ1) is 16.8. The van der Waals surface area contributed by atoms with Gasteiger partial charge in [0.25, 0.3) is 0 Å². The van der Waals surface area contributed by atoms with Crippen LogP contribution < -0.4 is 15.4 Å². The minimum Gasteiger partial charge on any atom is -0.494 e. The highest BCUT2D eigenvalue weighted by Gasteiger charge is 2.12. The molecule has 1 aliphatic rings. The van der Waals surface area contributed by atoms with Crippen molar-refractivity contribution >= 4 is 24.0 Å². The van der Waals surface area contributed by atoms with E-state index in [4.69, 9.17) is 4.74 Å². The maximum atomic E-state index is 10.9. The van der Waals surface area contributed by atoms with E-state index in [9.17, 15) is 4.79 Å². The quantitative estimate of drug-likeness (QED) is 0.879. The van der Waals surface area contributed by atoms with E-state index in [1.165, 1.54) is 19.8 Å². The summed E-state index contributed by atoms with van der Waals surface area (Å²) < 4.78 is 5.73. The van der Waals surface area contributed by atoms with Gasteiger partial charge in [0.2, 0.25) is 5.91 Å². The topological polar surface area (TPSA) is 50.4 Å². The molecule has 2 N–H and O–H groups in total. The molecule has 0 radical (unpaired) electrons. The lowest BCUT2D eigenvalue weighted by Crippen LogP contribution is -2.30. The Kier molecular flexibility index (Phi) is 7.41. The van der Waals surface area contributed by atoms with Crippen LogP contribution >= 0.6 is 12.4 Å². The lowest BCUT2D eigenvalue weighted by atomic mass is 9.97. The monoisotopic (exact) mass is 298 g/mol. The van der Waals surface area contributed by atoms with Crippen LogP contribution in [0, 0.1) is 5.92 Å².